The summed E-state index contributed by atoms with van der Waals surface area (Å²) in [5, 5.41) is 17.9. The van der Waals surface area contributed by atoms with Crippen molar-refractivity contribution in [3.05, 3.63) is 0 Å². The van der Waals surface area contributed by atoms with Gasteiger partial charge < -0.3 is 10.8 Å². The fourth-order valence-corrected chi connectivity index (χ4v) is 0. The van der Waals surface area contributed by atoms with Crippen molar-refractivity contribution in [2.24, 2.45) is 5.73 Å². The van der Waals surface area contributed by atoms with Gasteiger partial charge in [-0.05, 0) is 6.92 Å². The first kappa shape index (κ1) is 5.88. The van der Waals surface area contributed by atoms with Crippen molar-refractivity contribution in [1.82, 2.24) is 0 Å². The van der Waals surface area contributed by atoms with Crippen molar-refractivity contribution in [1.29, 1.82) is 0 Å². The summed E-state index contributed by atoms with van der Waals surface area (Å²) in [6.45, 7) is 1.36. The third-order valence-electron chi connectivity index (χ3n) is 0.475. The van der Waals surface area contributed by atoms with Crippen LogP contribution in [0.4, 0.5) is 0 Å². The maximum absolute atomic E-state index is 9.75. The van der Waals surface area contributed by atoms with Gasteiger partial charge in [-0.3, -0.25) is 0 Å². The first-order valence-corrected chi connectivity index (χ1v) is 1.74. The van der Waals surface area contributed by atoms with Gasteiger partial charge in [-0.1, -0.05) is 0 Å². The molecule has 2 unspecified atom stereocenters. The van der Waals surface area contributed by atoms with Gasteiger partial charge in [0.05, 0.1) is 6.10 Å². The van der Waals surface area contributed by atoms with Gasteiger partial charge in [-0.25, -0.2) is 5.11 Å². The largest absolute Gasteiger partial charge is 0.389 e. The third-order valence-corrected chi connectivity index (χ3v) is 0.475. The first-order valence-electron chi connectivity index (χ1n) is 1.74. The van der Waals surface area contributed by atoms with Crippen LogP contribution < -0.4 is 5.73 Å². The van der Waals surface area contributed by atoms with Crippen LogP contribution in [0.5, 0.6) is 0 Å². The molecule has 0 aromatic heterocycles. The highest BCUT2D eigenvalue weighted by molar-refractivity contribution is 4.48. The lowest BCUT2D eigenvalue weighted by molar-refractivity contribution is -0.0112. The Morgan fingerprint density at radius 1 is 1.83 bits per heavy atom. The van der Waals surface area contributed by atoms with Crippen LogP contribution in [0.25, 0.3) is 0 Å². The van der Waals surface area contributed by atoms with Crippen molar-refractivity contribution in [3.63, 3.8) is 0 Å². The molecule has 0 rings (SSSR count). The molecule has 0 aromatic rings. The molecule has 0 heterocycles. The van der Waals surface area contributed by atoms with Crippen LogP contribution in [0.2, 0.25) is 0 Å². The zero-order chi connectivity index (χ0) is 5.15. The normalized spacial score (nSPS) is 20.0. The first-order chi connectivity index (χ1) is 2.64. The van der Waals surface area contributed by atoms with Crippen LogP contribution in [0.3, 0.4) is 0 Å². The maximum Gasteiger partial charge on any atom is 0.167 e. The predicted octanol–water partition coefficient (Wildman–Crippen LogP) is -0.917. The van der Waals surface area contributed by atoms with Gasteiger partial charge in [0.2, 0.25) is 0 Å². The number of aliphatic hydroxyl groups excluding tert-OH is 1. The Balaban J connectivity index is 2.99. The lowest BCUT2D eigenvalue weighted by Gasteiger charge is -2.00. The minimum Gasteiger partial charge on any atom is -0.389 e. The molecule has 0 amide bonds. The Kier molecular flexibility index (Phi) is 2.08. The molecule has 37 valence electrons. The van der Waals surface area contributed by atoms with E-state index >= 15 is 0 Å². The molecule has 0 aliphatic carbocycles. The Hall–Kier alpha value is -0.120. The van der Waals surface area contributed by atoms with E-state index < -0.39 is 12.3 Å². The standard InChI is InChI=1S/C3H8NO2/c1-2(5)3(4)6/h2-3,5H,4H2,1H3. The Morgan fingerprint density at radius 3 is 2.00 bits per heavy atom. The summed E-state index contributed by atoms with van der Waals surface area (Å²) < 4.78 is 0. The maximum atomic E-state index is 9.75. The summed E-state index contributed by atoms with van der Waals surface area (Å²) >= 11 is 0. The average molecular weight is 90.1 g/mol. The SMILES string of the molecule is CC(O)C(N)[O]. The second-order valence-electron chi connectivity index (χ2n) is 1.21. The van der Waals surface area contributed by atoms with Gasteiger partial charge in [0.25, 0.3) is 0 Å². The number of nitrogens with two attached hydrogens (primary N) is 1. The highest BCUT2D eigenvalue weighted by Crippen LogP contribution is 1.79. The zero-order valence-electron chi connectivity index (χ0n) is 3.59. The topological polar surface area (TPSA) is 66.2 Å². The van der Waals surface area contributed by atoms with Crippen molar-refractivity contribution < 1.29 is 10.2 Å². The van der Waals surface area contributed by atoms with Gasteiger partial charge in [0.1, 0.15) is 0 Å². The third kappa shape index (κ3) is 2.14. The number of rotatable bonds is 1. The second-order valence-corrected chi connectivity index (χ2v) is 1.21. The summed E-state index contributed by atoms with van der Waals surface area (Å²) in [6.07, 6.45) is -2.27. The fourth-order valence-electron chi connectivity index (χ4n) is 0. The molecule has 0 aliphatic heterocycles. The summed E-state index contributed by atoms with van der Waals surface area (Å²) in [5.74, 6) is 0. The molecule has 0 saturated heterocycles. The molecule has 3 heteroatoms. The fraction of sp³-hybridized carbons (Fsp3) is 1.00. The summed E-state index contributed by atoms with van der Waals surface area (Å²) in [7, 11) is 0. The summed E-state index contributed by atoms with van der Waals surface area (Å²) in [4.78, 5) is 0. The van der Waals surface area contributed by atoms with E-state index in [1.54, 1.807) is 0 Å². The van der Waals surface area contributed by atoms with Crippen LogP contribution in [0, 0.1) is 0 Å². The Morgan fingerprint density at radius 2 is 2.00 bits per heavy atom. The smallest absolute Gasteiger partial charge is 0.167 e. The van der Waals surface area contributed by atoms with Gasteiger partial charge in [0, 0.05) is 0 Å². The Bertz CT molecular complexity index is 29.8. The molecule has 0 aromatic carbocycles. The molecule has 1 radical (unpaired) electrons. The van der Waals surface area contributed by atoms with Crippen LogP contribution in [0.1, 0.15) is 6.92 Å². The number of hydrogen-bond donors (Lipinski definition) is 2. The molecule has 2 atom stereocenters. The van der Waals surface area contributed by atoms with Gasteiger partial charge in [-0.2, -0.15) is 0 Å². The van der Waals surface area contributed by atoms with Crippen molar-refractivity contribution >= 4 is 0 Å². The van der Waals surface area contributed by atoms with Crippen molar-refractivity contribution in [3.8, 4) is 0 Å². The van der Waals surface area contributed by atoms with Gasteiger partial charge in [-0.15, -0.1) is 0 Å². The van der Waals surface area contributed by atoms with E-state index in [-0.39, 0.29) is 0 Å². The molecule has 3 N–H and O–H groups in total. The van der Waals surface area contributed by atoms with Crippen LogP contribution >= 0.6 is 0 Å². The number of aliphatic hydroxyl groups is 1. The lowest BCUT2D eigenvalue weighted by Crippen LogP contribution is -2.29. The average Bonchev–Trinajstić information content (AvgIpc) is 1.36. The molecule has 0 aliphatic rings. The van der Waals surface area contributed by atoms with Crippen LogP contribution in [-0.2, 0) is 5.11 Å². The predicted molar refractivity (Wildman–Crippen MR) is 20.3 cm³/mol. The molecule has 0 fully saturated rings. The van der Waals surface area contributed by atoms with E-state index in [4.69, 9.17) is 5.11 Å². The van der Waals surface area contributed by atoms with Crippen molar-refractivity contribution in [2.75, 3.05) is 0 Å². The lowest BCUT2D eigenvalue weighted by atomic mass is 10.4. The van der Waals surface area contributed by atoms with E-state index in [9.17, 15) is 5.11 Å². The molecule has 0 spiro atoms. The van der Waals surface area contributed by atoms with E-state index in [0.29, 0.717) is 0 Å². The van der Waals surface area contributed by atoms with Gasteiger partial charge >= 0.3 is 0 Å². The van der Waals surface area contributed by atoms with Crippen molar-refractivity contribution in [2.45, 2.75) is 19.3 Å². The highest BCUT2D eigenvalue weighted by atomic mass is 16.3. The molecule has 0 bridgehead atoms. The summed E-state index contributed by atoms with van der Waals surface area (Å²) in [6, 6.07) is 0. The molecule has 3 nitrogen and oxygen atoms in total. The van der Waals surface area contributed by atoms with Crippen LogP contribution in [0.15, 0.2) is 0 Å². The molecule has 0 saturated carbocycles. The van der Waals surface area contributed by atoms with E-state index in [2.05, 4.69) is 5.73 Å². The second kappa shape index (κ2) is 2.12. The number of hydrogen-bond acceptors (Lipinski definition) is 2. The zero-order valence-corrected chi connectivity index (χ0v) is 3.59. The molecular formula is C3H8NO2. The monoisotopic (exact) mass is 90.1 g/mol. The Labute approximate surface area is 36.4 Å². The highest BCUT2D eigenvalue weighted by Gasteiger charge is 2.02. The van der Waals surface area contributed by atoms with E-state index in [1.165, 1.54) is 6.92 Å². The van der Waals surface area contributed by atoms with E-state index in [0.717, 1.165) is 0 Å². The van der Waals surface area contributed by atoms with Gasteiger partial charge in [0.15, 0.2) is 6.23 Å². The molecule has 6 heavy (non-hydrogen) atoms. The minimum atomic E-state index is -1.34. The summed E-state index contributed by atoms with van der Waals surface area (Å²) in [5.41, 5.74) is 4.63. The van der Waals surface area contributed by atoms with E-state index in [1.807, 2.05) is 0 Å². The quantitative estimate of drug-likeness (QED) is 0.409. The van der Waals surface area contributed by atoms with Crippen LogP contribution in [-0.4, -0.2) is 17.4 Å². The minimum absolute atomic E-state index is 0.926. The molecular weight excluding hydrogens is 82.0 g/mol.